The molecule has 0 spiro atoms. The van der Waals surface area contributed by atoms with Crippen LogP contribution in [-0.4, -0.2) is 38.7 Å². The highest BCUT2D eigenvalue weighted by Gasteiger charge is 2.15. The summed E-state index contributed by atoms with van der Waals surface area (Å²) in [6.45, 7) is 2.73. The Bertz CT molecular complexity index is 951. The minimum Gasteiger partial charge on any atom is -0.493 e. The maximum absolute atomic E-state index is 12.0. The first-order valence-electron chi connectivity index (χ1n) is 9.86. The Morgan fingerprint density at radius 2 is 1.47 bits per heavy atom. The van der Waals surface area contributed by atoms with Crippen LogP contribution in [0.1, 0.15) is 31.4 Å². The van der Waals surface area contributed by atoms with Crippen molar-refractivity contribution >= 4 is 24.0 Å². The summed E-state index contributed by atoms with van der Waals surface area (Å²) < 4.78 is 25.9. The van der Waals surface area contributed by atoms with Crippen LogP contribution in [0.5, 0.6) is 23.0 Å². The zero-order valence-corrected chi connectivity index (χ0v) is 18.5. The number of carbonyl (C=O) groups excluding carboxylic acids is 3. The van der Waals surface area contributed by atoms with Crippen LogP contribution in [0, 0.1) is 0 Å². The van der Waals surface area contributed by atoms with Crippen molar-refractivity contribution in [1.82, 2.24) is 0 Å². The Hall–Kier alpha value is -3.81. The Kier molecular flexibility index (Phi) is 9.28. The van der Waals surface area contributed by atoms with E-state index in [1.807, 2.05) is 0 Å². The number of carbonyl (C=O) groups is 3. The average molecular weight is 442 g/mol. The Morgan fingerprint density at radius 3 is 2.00 bits per heavy atom. The lowest BCUT2D eigenvalue weighted by Gasteiger charge is -2.13. The number of esters is 3. The third-order valence-corrected chi connectivity index (χ3v) is 4.18. The van der Waals surface area contributed by atoms with Crippen LogP contribution in [0.3, 0.4) is 0 Å². The number of ether oxygens (including phenoxy) is 5. The van der Waals surface area contributed by atoms with Crippen molar-refractivity contribution in [1.29, 1.82) is 0 Å². The molecule has 0 amide bonds. The van der Waals surface area contributed by atoms with E-state index < -0.39 is 5.97 Å². The lowest BCUT2D eigenvalue weighted by Crippen LogP contribution is -2.06. The largest absolute Gasteiger partial charge is 0.493 e. The Balaban J connectivity index is 1.87. The fourth-order valence-corrected chi connectivity index (χ4v) is 2.77. The molecule has 0 N–H and O–H groups in total. The second-order valence-corrected chi connectivity index (χ2v) is 6.67. The zero-order valence-electron chi connectivity index (χ0n) is 18.5. The average Bonchev–Trinajstić information content (AvgIpc) is 2.76. The number of aryl methyl sites for hydroxylation is 1. The number of hydrogen-bond acceptors (Lipinski definition) is 8. The molecule has 32 heavy (non-hydrogen) atoms. The SMILES string of the molecule is COc1cc(/C=C/COC(=O)CCc2ccc(OC(C)=O)cc2)cc(OC)c1OC(C)=O. The molecular weight excluding hydrogens is 416 g/mol. The van der Waals surface area contributed by atoms with Gasteiger partial charge in [0, 0.05) is 20.3 Å². The quantitative estimate of drug-likeness (QED) is 0.405. The van der Waals surface area contributed by atoms with E-state index in [-0.39, 0.29) is 30.7 Å². The fraction of sp³-hybridized carbons (Fsp3) is 0.292. The normalized spacial score (nSPS) is 10.5. The molecule has 0 aromatic heterocycles. The molecule has 0 aliphatic heterocycles. The molecule has 0 aliphatic carbocycles. The zero-order chi connectivity index (χ0) is 23.5. The second-order valence-electron chi connectivity index (χ2n) is 6.67. The van der Waals surface area contributed by atoms with Gasteiger partial charge in [-0.3, -0.25) is 14.4 Å². The fourth-order valence-electron chi connectivity index (χ4n) is 2.77. The number of methoxy groups -OCH3 is 2. The molecule has 0 saturated heterocycles. The van der Waals surface area contributed by atoms with Crippen molar-refractivity contribution in [3.8, 4) is 23.0 Å². The molecule has 8 nitrogen and oxygen atoms in total. The standard InChI is InChI=1S/C24H26O8/c1-16(25)31-20-10-7-18(8-11-20)9-12-23(27)30-13-5-6-19-14-21(28-3)24(32-17(2)26)22(15-19)29-4/h5-8,10-11,14-15H,9,12-13H2,1-4H3/b6-5+. The van der Waals surface area contributed by atoms with Gasteiger partial charge in [0.15, 0.2) is 11.5 Å². The first-order valence-corrected chi connectivity index (χ1v) is 9.86. The van der Waals surface area contributed by atoms with E-state index in [1.165, 1.54) is 28.1 Å². The van der Waals surface area contributed by atoms with Gasteiger partial charge in [-0.25, -0.2) is 0 Å². The molecule has 0 atom stereocenters. The molecular formula is C24H26O8. The van der Waals surface area contributed by atoms with Crippen LogP contribution in [0.4, 0.5) is 0 Å². The Labute approximate surface area is 186 Å². The number of benzene rings is 2. The highest BCUT2D eigenvalue weighted by Crippen LogP contribution is 2.39. The summed E-state index contributed by atoms with van der Waals surface area (Å²) in [6, 6.07) is 10.3. The molecule has 0 radical (unpaired) electrons. The maximum atomic E-state index is 12.0. The van der Waals surface area contributed by atoms with E-state index in [0.29, 0.717) is 23.7 Å². The van der Waals surface area contributed by atoms with Gasteiger partial charge in [0.1, 0.15) is 12.4 Å². The molecule has 0 aliphatic rings. The van der Waals surface area contributed by atoms with Gasteiger partial charge < -0.3 is 23.7 Å². The van der Waals surface area contributed by atoms with Crippen LogP contribution in [0.15, 0.2) is 42.5 Å². The first-order chi connectivity index (χ1) is 15.3. The second kappa shape index (κ2) is 12.1. The van der Waals surface area contributed by atoms with E-state index in [0.717, 1.165) is 11.1 Å². The molecule has 0 fully saturated rings. The van der Waals surface area contributed by atoms with Gasteiger partial charge in [-0.1, -0.05) is 18.2 Å². The summed E-state index contributed by atoms with van der Waals surface area (Å²) in [6.07, 6.45) is 4.16. The summed E-state index contributed by atoms with van der Waals surface area (Å²) in [5, 5.41) is 0. The van der Waals surface area contributed by atoms with Gasteiger partial charge in [-0.15, -0.1) is 0 Å². The number of rotatable bonds is 10. The van der Waals surface area contributed by atoms with Crippen LogP contribution in [0.25, 0.3) is 6.08 Å². The molecule has 2 rings (SSSR count). The van der Waals surface area contributed by atoms with Crippen LogP contribution < -0.4 is 18.9 Å². The van der Waals surface area contributed by atoms with Gasteiger partial charge in [-0.2, -0.15) is 0 Å². The monoisotopic (exact) mass is 442 g/mol. The van der Waals surface area contributed by atoms with Crippen LogP contribution >= 0.6 is 0 Å². The van der Waals surface area contributed by atoms with Crippen LogP contribution in [0.2, 0.25) is 0 Å². The summed E-state index contributed by atoms with van der Waals surface area (Å²) in [4.78, 5) is 34.2. The third-order valence-electron chi connectivity index (χ3n) is 4.18. The highest BCUT2D eigenvalue weighted by molar-refractivity contribution is 5.73. The van der Waals surface area contributed by atoms with Crippen molar-refractivity contribution in [2.75, 3.05) is 20.8 Å². The van der Waals surface area contributed by atoms with Gasteiger partial charge in [0.05, 0.1) is 14.2 Å². The van der Waals surface area contributed by atoms with Crippen molar-refractivity contribution in [3.05, 3.63) is 53.6 Å². The van der Waals surface area contributed by atoms with Gasteiger partial charge in [-0.05, 0) is 47.9 Å². The molecule has 0 heterocycles. The van der Waals surface area contributed by atoms with Crippen LogP contribution in [-0.2, 0) is 25.5 Å². The van der Waals surface area contributed by atoms with Gasteiger partial charge in [0.2, 0.25) is 5.75 Å². The van der Waals surface area contributed by atoms with E-state index in [4.69, 9.17) is 23.7 Å². The summed E-state index contributed by atoms with van der Waals surface area (Å²) in [5.74, 6) is 0.143. The maximum Gasteiger partial charge on any atom is 0.308 e. The lowest BCUT2D eigenvalue weighted by molar-refractivity contribution is -0.142. The minimum absolute atomic E-state index is 0.0978. The summed E-state index contributed by atoms with van der Waals surface area (Å²) in [5.41, 5.74) is 1.65. The van der Waals surface area contributed by atoms with E-state index in [9.17, 15) is 14.4 Å². The minimum atomic E-state index is -0.489. The van der Waals surface area contributed by atoms with E-state index in [1.54, 1.807) is 48.6 Å². The molecule has 0 saturated carbocycles. The smallest absolute Gasteiger partial charge is 0.308 e. The highest BCUT2D eigenvalue weighted by atomic mass is 16.6. The molecule has 170 valence electrons. The molecule has 0 bridgehead atoms. The lowest BCUT2D eigenvalue weighted by atomic mass is 10.1. The third kappa shape index (κ3) is 7.79. The van der Waals surface area contributed by atoms with Crippen molar-refractivity contribution in [3.63, 3.8) is 0 Å². The molecule has 0 unspecified atom stereocenters. The first kappa shape index (κ1) is 24.5. The van der Waals surface area contributed by atoms with E-state index >= 15 is 0 Å². The number of hydrogen-bond donors (Lipinski definition) is 0. The van der Waals surface area contributed by atoms with E-state index in [2.05, 4.69) is 0 Å². The summed E-state index contributed by atoms with van der Waals surface area (Å²) >= 11 is 0. The van der Waals surface area contributed by atoms with Gasteiger partial charge in [0.25, 0.3) is 0 Å². The van der Waals surface area contributed by atoms with Crippen molar-refractivity contribution in [2.24, 2.45) is 0 Å². The predicted octanol–water partition coefficient (Wildman–Crippen LogP) is 3.74. The van der Waals surface area contributed by atoms with Gasteiger partial charge >= 0.3 is 17.9 Å². The predicted molar refractivity (Wildman–Crippen MR) is 117 cm³/mol. The Morgan fingerprint density at radius 1 is 0.875 bits per heavy atom. The summed E-state index contributed by atoms with van der Waals surface area (Å²) in [7, 11) is 2.92. The molecule has 2 aromatic rings. The molecule has 8 heteroatoms. The topological polar surface area (TPSA) is 97.4 Å². The molecule has 2 aromatic carbocycles. The van der Waals surface area contributed by atoms with Crippen molar-refractivity contribution < 1.29 is 38.1 Å². The van der Waals surface area contributed by atoms with Crippen molar-refractivity contribution in [2.45, 2.75) is 26.7 Å².